The predicted molar refractivity (Wildman–Crippen MR) is 146 cm³/mol. The molecule has 0 bridgehead atoms. The van der Waals surface area contributed by atoms with Crippen LogP contribution in [-0.2, 0) is 11.2 Å². The van der Waals surface area contributed by atoms with Gasteiger partial charge < -0.3 is 4.74 Å². The van der Waals surface area contributed by atoms with Gasteiger partial charge in [0.15, 0.2) is 0 Å². The van der Waals surface area contributed by atoms with Gasteiger partial charge in [-0.25, -0.2) is 0 Å². The minimum absolute atomic E-state index is 0.628. The summed E-state index contributed by atoms with van der Waals surface area (Å²) in [4.78, 5) is 0. The number of benzene rings is 1. The zero-order valence-electron chi connectivity index (χ0n) is 22.8. The SMILES string of the molecule is CC/C(CC1CCC(c2ccc(CC3(C4CC4)CCC(C)CC3)cc2)CC1)=C(\C=C(C)C)OC. The number of hydrogen-bond donors (Lipinski definition) is 0. The highest BCUT2D eigenvalue weighted by molar-refractivity contribution is 5.28. The Labute approximate surface area is 210 Å². The zero-order chi connectivity index (χ0) is 24.1. The molecule has 0 unspecified atom stereocenters. The van der Waals surface area contributed by atoms with E-state index in [-0.39, 0.29) is 0 Å². The molecule has 0 spiro atoms. The molecule has 3 aliphatic rings. The predicted octanol–water partition coefficient (Wildman–Crippen LogP) is 9.78. The lowest BCUT2D eigenvalue weighted by molar-refractivity contribution is 0.125. The van der Waals surface area contributed by atoms with Gasteiger partial charge >= 0.3 is 0 Å². The standard InChI is InChI=1S/C33H50O/c1-6-28(32(34-5)21-24(2)3)22-26-7-11-29(12-8-26)30-13-9-27(10-14-30)23-33(31-15-16-31)19-17-25(4)18-20-33/h9-10,13-14,21,25-26,29,31H,6-8,11-12,15-20,22-23H2,1-5H3/b32-28-. The fraction of sp³-hybridized carbons (Fsp3) is 0.697. The number of hydrogen-bond acceptors (Lipinski definition) is 1. The molecule has 0 heterocycles. The van der Waals surface area contributed by atoms with Crippen LogP contribution >= 0.6 is 0 Å². The van der Waals surface area contributed by atoms with Gasteiger partial charge in [0.05, 0.1) is 7.11 Å². The van der Waals surface area contributed by atoms with Crippen LogP contribution in [0.3, 0.4) is 0 Å². The van der Waals surface area contributed by atoms with E-state index in [1.54, 1.807) is 11.1 Å². The van der Waals surface area contributed by atoms with Crippen LogP contribution in [-0.4, -0.2) is 7.11 Å². The third-order valence-electron chi connectivity index (χ3n) is 9.52. The van der Waals surface area contributed by atoms with E-state index in [9.17, 15) is 0 Å². The van der Waals surface area contributed by atoms with Crippen molar-refractivity contribution in [2.45, 2.75) is 117 Å². The maximum absolute atomic E-state index is 5.75. The lowest BCUT2D eigenvalue weighted by atomic mass is 9.65. The Bertz CT molecular complexity index is 833. The molecular weight excluding hydrogens is 412 g/mol. The molecule has 188 valence electrons. The highest BCUT2D eigenvalue weighted by atomic mass is 16.5. The van der Waals surface area contributed by atoms with Crippen molar-refractivity contribution < 1.29 is 4.74 Å². The molecular formula is C33H50O. The van der Waals surface area contributed by atoms with Gasteiger partial charge in [0.25, 0.3) is 0 Å². The van der Waals surface area contributed by atoms with Gasteiger partial charge in [0.2, 0.25) is 0 Å². The van der Waals surface area contributed by atoms with Gasteiger partial charge in [-0.05, 0) is 136 Å². The fourth-order valence-electron chi connectivity index (χ4n) is 7.11. The number of rotatable bonds is 9. The fourth-order valence-corrected chi connectivity index (χ4v) is 7.11. The molecule has 3 saturated carbocycles. The Morgan fingerprint density at radius 3 is 2.12 bits per heavy atom. The lowest BCUT2D eigenvalue weighted by Crippen LogP contribution is -2.31. The van der Waals surface area contributed by atoms with Crippen LogP contribution in [0.25, 0.3) is 0 Å². The summed E-state index contributed by atoms with van der Waals surface area (Å²) in [5.74, 6) is 4.64. The largest absolute Gasteiger partial charge is 0.497 e. The van der Waals surface area contributed by atoms with E-state index in [0.717, 1.165) is 35.9 Å². The Morgan fingerprint density at radius 1 is 0.941 bits per heavy atom. The van der Waals surface area contributed by atoms with Gasteiger partial charge in [0.1, 0.15) is 5.76 Å². The van der Waals surface area contributed by atoms with Crippen LogP contribution in [0.1, 0.15) is 122 Å². The summed E-state index contributed by atoms with van der Waals surface area (Å²) in [6, 6.07) is 9.96. The summed E-state index contributed by atoms with van der Waals surface area (Å²) in [5, 5.41) is 0. The normalized spacial score (nSPS) is 30.4. The van der Waals surface area contributed by atoms with Crippen LogP contribution < -0.4 is 0 Å². The molecule has 0 aliphatic heterocycles. The van der Waals surface area contributed by atoms with Crippen molar-refractivity contribution in [3.05, 3.63) is 58.4 Å². The molecule has 1 aromatic carbocycles. The van der Waals surface area contributed by atoms with Crippen LogP contribution in [0.5, 0.6) is 0 Å². The van der Waals surface area contributed by atoms with E-state index >= 15 is 0 Å². The Hall–Kier alpha value is -1.50. The van der Waals surface area contributed by atoms with Crippen LogP contribution in [0.2, 0.25) is 0 Å². The Balaban J connectivity index is 1.33. The topological polar surface area (TPSA) is 9.23 Å². The molecule has 0 saturated heterocycles. The molecule has 3 fully saturated rings. The number of methoxy groups -OCH3 is 1. The quantitative estimate of drug-likeness (QED) is 0.262. The summed E-state index contributed by atoms with van der Waals surface area (Å²) in [7, 11) is 1.83. The van der Waals surface area contributed by atoms with E-state index in [4.69, 9.17) is 4.74 Å². The van der Waals surface area contributed by atoms with Crippen LogP contribution in [0.15, 0.2) is 47.2 Å². The number of ether oxygens (including phenoxy) is 1. The van der Waals surface area contributed by atoms with Crippen molar-refractivity contribution >= 4 is 0 Å². The molecule has 4 rings (SSSR count). The summed E-state index contributed by atoms with van der Waals surface area (Å²) >= 11 is 0. The summed E-state index contributed by atoms with van der Waals surface area (Å²) < 4.78 is 5.75. The molecule has 1 aromatic rings. The molecule has 0 amide bonds. The van der Waals surface area contributed by atoms with Crippen molar-refractivity contribution in [1.82, 2.24) is 0 Å². The molecule has 34 heavy (non-hydrogen) atoms. The molecule has 0 radical (unpaired) electrons. The van der Waals surface area contributed by atoms with Gasteiger partial charge in [-0.1, -0.05) is 56.5 Å². The minimum atomic E-state index is 0.628. The molecule has 0 aromatic heterocycles. The van der Waals surface area contributed by atoms with Gasteiger partial charge in [0, 0.05) is 0 Å². The van der Waals surface area contributed by atoms with Crippen molar-refractivity contribution in [2.24, 2.45) is 23.2 Å². The molecule has 0 atom stereocenters. The Morgan fingerprint density at radius 2 is 1.59 bits per heavy atom. The molecule has 1 heteroatoms. The first-order valence-corrected chi connectivity index (χ1v) is 14.4. The first-order chi connectivity index (χ1) is 16.4. The molecule has 0 N–H and O–H groups in total. The summed E-state index contributed by atoms with van der Waals surface area (Å²) in [6.07, 6.45) is 20.1. The third-order valence-corrected chi connectivity index (χ3v) is 9.52. The van der Waals surface area contributed by atoms with E-state index in [1.165, 1.54) is 88.2 Å². The average molecular weight is 463 g/mol. The first kappa shape index (κ1) is 25.6. The van der Waals surface area contributed by atoms with E-state index in [2.05, 4.69) is 58.0 Å². The second-order valence-electron chi connectivity index (χ2n) is 12.4. The summed E-state index contributed by atoms with van der Waals surface area (Å²) in [5.41, 5.74) is 6.63. The highest BCUT2D eigenvalue weighted by Gasteiger charge is 2.46. The minimum Gasteiger partial charge on any atom is -0.497 e. The lowest BCUT2D eigenvalue weighted by Gasteiger charge is -2.40. The average Bonchev–Trinajstić information content (AvgIpc) is 3.70. The van der Waals surface area contributed by atoms with Gasteiger partial charge in [-0.3, -0.25) is 0 Å². The van der Waals surface area contributed by atoms with E-state index < -0.39 is 0 Å². The van der Waals surface area contributed by atoms with Crippen molar-refractivity contribution in [2.75, 3.05) is 7.11 Å². The monoisotopic (exact) mass is 462 g/mol. The van der Waals surface area contributed by atoms with E-state index in [1.807, 2.05) is 7.11 Å². The third kappa shape index (κ3) is 6.38. The number of allylic oxidation sites excluding steroid dienone is 3. The Kier molecular flexibility index (Phi) is 8.65. The smallest absolute Gasteiger partial charge is 0.117 e. The second-order valence-corrected chi connectivity index (χ2v) is 12.4. The van der Waals surface area contributed by atoms with Crippen molar-refractivity contribution in [3.8, 4) is 0 Å². The maximum Gasteiger partial charge on any atom is 0.117 e. The molecule has 1 nitrogen and oxygen atoms in total. The van der Waals surface area contributed by atoms with Gasteiger partial charge in [-0.15, -0.1) is 0 Å². The first-order valence-electron chi connectivity index (χ1n) is 14.4. The van der Waals surface area contributed by atoms with Crippen molar-refractivity contribution in [3.63, 3.8) is 0 Å². The van der Waals surface area contributed by atoms with Crippen LogP contribution in [0.4, 0.5) is 0 Å². The molecule has 3 aliphatic carbocycles. The van der Waals surface area contributed by atoms with Gasteiger partial charge in [-0.2, -0.15) is 0 Å². The second kappa shape index (κ2) is 11.5. The summed E-state index contributed by atoms with van der Waals surface area (Å²) in [6.45, 7) is 9.05. The maximum atomic E-state index is 5.75. The zero-order valence-corrected chi connectivity index (χ0v) is 22.8. The highest BCUT2D eigenvalue weighted by Crippen LogP contribution is 2.56. The van der Waals surface area contributed by atoms with Crippen molar-refractivity contribution in [1.29, 1.82) is 0 Å². The van der Waals surface area contributed by atoms with E-state index in [0.29, 0.717) is 5.41 Å². The van der Waals surface area contributed by atoms with Crippen LogP contribution in [0, 0.1) is 23.2 Å².